The number of hydrogen-bond donors (Lipinski definition) is 1. The number of nitrogens with one attached hydrogen (secondary N) is 1. The van der Waals surface area contributed by atoms with Crippen molar-refractivity contribution in [2.24, 2.45) is 0 Å². The Labute approximate surface area is 130 Å². The number of alkyl halides is 1. The number of rotatable bonds is 3. The van der Waals surface area contributed by atoms with E-state index in [2.05, 4.69) is 20.7 Å². The summed E-state index contributed by atoms with van der Waals surface area (Å²) in [5.41, 5.74) is 1.88. The molecule has 1 aromatic rings. The van der Waals surface area contributed by atoms with Crippen molar-refractivity contribution in [1.29, 1.82) is 0 Å². The Kier molecular flexibility index (Phi) is 5.26. The molecule has 1 saturated carbocycles. The van der Waals surface area contributed by atoms with Crippen molar-refractivity contribution < 1.29 is 8.42 Å². The summed E-state index contributed by atoms with van der Waals surface area (Å²) in [6, 6.07) is 5.45. The van der Waals surface area contributed by atoms with E-state index in [0.717, 1.165) is 36.8 Å². The highest BCUT2D eigenvalue weighted by atomic mass is 79.9. The number of halogens is 1. The first-order chi connectivity index (χ1) is 9.40. The van der Waals surface area contributed by atoms with E-state index in [-0.39, 0.29) is 10.9 Å². The van der Waals surface area contributed by atoms with E-state index in [1.807, 2.05) is 26.0 Å². The lowest BCUT2D eigenvalue weighted by Gasteiger charge is -2.22. The summed E-state index contributed by atoms with van der Waals surface area (Å²) in [5, 5.41) is 0. The highest BCUT2D eigenvalue weighted by Crippen LogP contribution is 2.26. The molecule has 0 amide bonds. The normalized spacial score (nSPS) is 24.4. The van der Waals surface area contributed by atoms with Crippen LogP contribution in [-0.4, -0.2) is 19.3 Å². The van der Waals surface area contributed by atoms with Gasteiger partial charge >= 0.3 is 0 Å². The van der Waals surface area contributed by atoms with Gasteiger partial charge in [0.15, 0.2) is 0 Å². The predicted octanol–water partition coefficient (Wildman–Crippen LogP) is 3.68. The van der Waals surface area contributed by atoms with Crippen LogP contribution in [0.2, 0.25) is 0 Å². The first-order valence-electron chi connectivity index (χ1n) is 7.14. The molecule has 1 fully saturated rings. The molecule has 112 valence electrons. The van der Waals surface area contributed by atoms with Gasteiger partial charge in [0, 0.05) is 10.9 Å². The number of sulfonamides is 1. The Hall–Kier alpha value is -0.390. The molecule has 0 radical (unpaired) electrons. The summed E-state index contributed by atoms with van der Waals surface area (Å²) in [4.78, 5) is 0.623. The Morgan fingerprint density at radius 1 is 1.15 bits per heavy atom. The molecule has 0 aromatic heterocycles. The lowest BCUT2D eigenvalue weighted by atomic mass is 10.1. The molecule has 3 nitrogen and oxygen atoms in total. The zero-order chi connectivity index (χ0) is 14.8. The van der Waals surface area contributed by atoms with Gasteiger partial charge in [0.05, 0.1) is 4.90 Å². The third-order valence-electron chi connectivity index (χ3n) is 3.86. The Morgan fingerprint density at radius 3 is 2.55 bits per heavy atom. The van der Waals surface area contributed by atoms with E-state index in [1.54, 1.807) is 6.07 Å². The summed E-state index contributed by atoms with van der Waals surface area (Å²) in [5.74, 6) is 0. The van der Waals surface area contributed by atoms with Gasteiger partial charge in [-0.05, 0) is 38.3 Å². The maximum Gasteiger partial charge on any atom is 0.241 e. The van der Waals surface area contributed by atoms with Gasteiger partial charge in [-0.2, -0.15) is 0 Å². The minimum Gasteiger partial charge on any atom is -0.207 e. The van der Waals surface area contributed by atoms with Gasteiger partial charge in [-0.1, -0.05) is 52.9 Å². The van der Waals surface area contributed by atoms with Gasteiger partial charge in [-0.25, -0.2) is 13.1 Å². The second kappa shape index (κ2) is 6.58. The van der Waals surface area contributed by atoms with E-state index in [4.69, 9.17) is 0 Å². The van der Waals surface area contributed by atoms with Crippen molar-refractivity contribution in [1.82, 2.24) is 4.72 Å². The molecule has 1 aromatic carbocycles. The second-order valence-corrected chi connectivity index (χ2v) is 8.51. The fraction of sp³-hybridized carbons (Fsp3) is 0.600. The highest BCUT2D eigenvalue weighted by molar-refractivity contribution is 9.09. The summed E-state index contributed by atoms with van der Waals surface area (Å²) in [6.45, 7) is 3.82. The van der Waals surface area contributed by atoms with E-state index >= 15 is 0 Å². The molecule has 1 aliphatic rings. The summed E-state index contributed by atoms with van der Waals surface area (Å²) in [7, 11) is -3.44. The summed E-state index contributed by atoms with van der Waals surface area (Å²) >= 11 is 3.63. The van der Waals surface area contributed by atoms with E-state index in [0.29, 0.717) is 4.90 Å². The molecule has 1 aliphatic carbocycles. The van der Waals surface area contributed by atoms with Crippen molar-refractivity contribution in [3.8, 4) is 0 Å². The molecule has 2 atom stereocenters. The number of hydrogen-bond acceptors (Lipinski definition) is 2. The Morgan fingerprint density at radius 2 is 1.85 bits per heavy atom. The van der Waals surface area contributed by atoms with Crippen LogP contribution in [0.3, 0.4) is 0 Å². The van der Waals surface area contributed by atoms with Crippen molar-refractivity contribution in [2.75, 3.05) is 0 Å². The standard InChI is InChI=1S/C15H22BrNO2S/c1-11-8-9-15(12(2)10-11)20(18,19)17-14-7-5-3-4-6-13(14)16/h8-10,13-14,17H,3-7H2,1-2H3. The maximum absolute atomic E-state index is 12.6. The third kappa shape index (κ3) is 3.83. The molecule has 2 rings (SSSR count). The van der Waals surface area contributed by atoms with Gasteiger partial charge in [-0.3, -0.25) is 0 Å². The van der Waals surface area contributed by atoms with E-state index < -0.39 is 10.0 Å². The van der Waals surface area contributed by atoms with Crippen molar-refractivity contribution >= 4 is 26.0 Å². The molecule has 0 heterocycles. The van der Waals surface area contributed by atoms with Gasteiger partial charge < -0.3 is 0 Å². The molecule has 0 aliphatic heterocycles. The van der Waals surface area contributed by atoms with Crippen LogP contribution in [0.1, 0.15) is 43.2 Å². The first-order valence-corrected chi connectivity index (χ1v) is 9.54. The van der Waals surface area contributed by atoms with Gasteiger partial charge in [0.2, 0.25) is 10.0 Å². The fourth-order valence-corrected chi connectivity index (χ4v) is 5.19. The zero-order valence-corrected chi connectivity index (χ0v) is 14.4. The van der Waals surface area contributed by atoms with Crippen LogP contribution in [0, 0.1) is 13.8 Å². The average Bonchev–Trinajstić information content (AvgIpc) is 2.54. The van der Waals surface area contributed by atoms with Crippen LogP contribution in [0.15, 0.2) is 23.1 Å². The van der Waals surface area contributed by atoms with Crippen molar-refractivity contribution in [3.05, 3.63) is 29.3 Å². The van der Waals surface area contributed by atoms with Gasteiger partial charge in [0.1, 0.15) is 0 Å². The summed E-state index contributed by atoms with van der Waals surface area (Å²) < 4.78 is 28.0. The largest absolute Gasteiger partial charge is 0.241 e. The molecule has 1 N–H and O–H groups in total. The third-order valence-corrected chi connectivity index (χ3v) is 6.60. The topological polar surface area (TPSA) is 46.2 Å². The van der Waals surface area contributed by atoms with Gasteiger partial charge in [-0.15, -0.1) is 0 Å². The molecular formula is C15H22BrNO2S. The molecule has 0 bridgehead atoms. The van der Waals surface area contributed by atoms with E-state index in [1.165, 1.54) is 6.42 Å². The lowest BCUT2D eigenvalue weighted by Crippen LogP contribution is -2.40. The summed E-state index contributed by atoms with van der Waals surface area (Å²) in [6.07, 6.45) is 5.36. The molecule has 0 saturated heterocycles. The Balaban J connectivity index is 2.21. The molecular weight excluding hydrogens is 338 g/mol. The van der Waals surface area contributed by atoms with Crippen LogP contribution in [0.25, 0.3) is 0 Å². The average molecular weight is 360 g/mol. The predicted molar refractivity (Wildman–Crippen MR) is 85.8 cm³/mol. The Bertz CT molecular complexity index is 571. The number of benzene rings is 1. The highest BCUT2D eigenvalue weighted by Gasteiger charge is 2.27. The van der Waals surface area contributed by atoms with Gasteiger partial charge in [0.25, 0.3) is 0 Å². The minimum atomic E-state index is -3.44. The maximum atomic E-state index is 12.6. The molecule has 20 heavy (non-hydrogen) atoms. The van der Waals surface area contributed by atoms with E-state index in [9.17, 15) is 8.42 Å². The van der Waals surface area contributed by atoms with Crippen molar-refractivity contribution in [2.45, 2.75) is 61.7 Å². The molecule has 0 spiro atoms. The van der Waals surface area contributed by atoms with Crippen LogP contribution in [-0.2, 0) is 10.0 Å². The molecule has 2 unspecified atom stereocenters. The van der Waals surface area contributed by atoms with Crippen LogP contribution < -0.4 is 4.72 Å². The smallest absolute Gasteiger partial charge is 0.207 e. The second-order valence-electron chi connectivity index (χ2n) is 5.65. The van der Waals surface area contributed by atoms with Crippen LogP contribution in [0.4, 0.5) is 0 Å². The fourth-order valence-electron chi connectivity index (χ4n) is 2.76. The minimum absolute atomic E-state index is 0.0109. The lowest BCUT2D eigenvalue weighted by molar-refractivity contribution is 0.520. The SMILES string of the molecule is Cc1ccc(S(=O)(=O)NC2CCCCCC2Br)c(C)c1. The monoisotopic (exact) mass is 359 g/mol. The number of aryl methyl sites for hydroxylation is 2. The van der Waals surface area contributed by atoms with Crippen molar-refractivity contribution in [3.63, 3.8) is 0 Å². The zero-order valence-electron chi connectivity index (χ0n) is 12.0. The first kappa shape index (κ1) is 16.0. The molecule has 5 heteroatoms. The van der Waals surface area contributed by atoms with Crippen LogP contribution in [0.5, 0.6) is 0 Å². The quantitative estimate of drug-likeness (QED) is 0.660. The van der Waals surface area contributed by atoms with Crippen LogP contribution >= 0.6 is 15.9 Å².